The zero-order valence-corrected chi connectivity index (χ0v) is 14.4. The van der Waals surface area contributed by atoms with Crippen LogP contribution in [0.15, 0.2) is 48.8 Å². The van der Waals surface area contributed by atoms with Crippen LogP contribution >= 0.6 is 0 Å². The van der Waals surface area contributed by atoms with Crippen molar-refractivity contribution in [3.05, 3.63) is 60.2 Å². The quantitative estimate of drug-likeness (QED) is 0.732. The van der Waals surface area contributed by atoms with Crippen LogP contribution in [0.25, 0.3) is 11.7 Å². The number of hydrogen-bond acceptors (Lipinski definition) is 5. The molecular formula is C19H22N6. The summed E-state index contributed by atoms with van der Waals surface area (Å²) in [7, 11) is 0. The lowest BCUT2D eigenvalue weighted by Gasteiger charge is -2.35. The molecule has 0 bridgehead atoms. The fourth-order valence-electron chi connectivity index (χ4n) is 3.19. The van der Waals surface area contributed by atoms with Gasteiger partial charge in [0.25, 0.3) is 0 Å². The molecule has 0 amide bonds. The van der Waals surface area contributed by atoms with Gasteiger partial charge in [-0.3, -0.25) is 9.88 Å². The number of piperazine rings is 1. The Balaban J connectivity index is 1.37. The van der Waals surface area contributed by atoms with Gasteiger partial charge in [-0.1, -0.05) is 42.5 Å². The topological polar surface area (TPSA) is 49.6 Å². The second-order valence-corrected chi connectivity index (χ2v) is 6.30. The summed E-state index contributed by atoms with van der Waals surface area (Å²) < 4.78 is 1.90. The Labute approximate surface area is 147 Å². The fourth-order valence-corrected chi connectivity index (χ4v) is 3.19. The Hall–Kier alpha value is -2.73. The maximum Gasteiger partial charge on any atom is 0.176 e. The van der Waals surface area contributed by atoms with Crippen molar-refractivity contribution in [3.8, 4) is 0 Å². The van der Waals surface area contributed by atoms with E-state index in [1.807, 2.05) is 23.7 Å². The van der Waals surface area contributed by atoms with E-state index in [4.69, 9.17) is 0 Å². The maximum atomic E-state index is 4.49. The lowest BCUT2D eigenvalue weighted by atomic mass is 10.2. The highest BCUT2D eigenvalue weighted by Gasteiger charge is 2.19. The van der Waals surface area contributed by atoms with E-state index >= 15 is 0 Å². The van der Waals surface area contributed by atoms with E-state index in [2.05, 4.69) is 61.3 Å². The molecule has 1 fully saturated rings. The van der Waals surface area contributed by atoms with Crippen molar-refractivity contribution in [1.82, 2.24) is 24.5 Å². The van der Waals surface area contributed by atoms with Gasteiger partial charge >= 0.3 is 0 Å². The summed E-state index contributed by atoms with van der Waals surface area (Å²) in [6.45, 7) is 6.89. The first-order valence-corrected chi connectivity index (χ1v) is 8.66. The molecule has 0 atom stereocenters. The Bertz CT molecular complexity index is 862. The van der Waals surface area contributed by atoms with Gasteiger partial charge in [0.15, 0.2) is 11.5 Å². The first-order valence-electron chi connectivity index (χ1n) is 8.66. The molecular weight excluding hydrogens is 312 g/mol. The van der Waals surface area contributed by atoms with Crippen LogP contribution in [0.1, 0.15) is 11.4 Å². The molecule has 0 N–H and O–H groups in total. The van der Waals surface area contributed by atoms with Gasteiger partial charge in [-0.15, -0.1) is 5.10 Å². The largest absolute Gasteiger partial charge is 0.353 e. The third kappa shape index (κ3) is 3.53. The number of anilines is 1. The van der Waals surface area contributed by atoms with Crippen molar-refractivity contribution < 1.29 is 0 Å². The van der Waals surface area contributed by atoms with Crippen molar-refractivity contribution in [3.63, 3.8) is 0 Å². The Morgan fingerprint density at radius 3 is 2.64 bits per heavy atom. The van der Waals surface area contributed by atoms with Gasteiger partial charge in [0.2, 0.25) is 0 Å². The van der Waals surface area contributed by atoms with Crippen molar-refractivity contribution >= 4 is 17.5 Å². The molecule has 0 unspecified atom stereocenters. The number of hydrogen-bond donors (Lipinski definition) is 0. The normalized spacial score (nSPS) is 16.1. The lowest BCUT2D eigenvalue weighted by Crippen LogP contribution is -2.47. The molecule has 1 aliphatic rings. The molecule has 1 aliphatic heterocycles. The molecule has 3 aromatic rings. The van der Waals surface area contributed by atoms with Gasteiger partial charge in [0.05, 0.1) is 12.4 Å². The van der Waals surface area contributed by atoms with Crippen molar-refractivity contribution in [2.24, 2.45) is 0 Å². The van der Waals surface area contributed by atoms with Crippen molar-refractivity contribution in [2.45, 2.75) is 6.92 Å². The average molecular weight is 334 g/mol. The Morgan fingerprint density at radius 2 is 1.84 bits per heavy atom. The van der Waals surface area contributed by atoms with Gasteiger partial charge in [0, 0.05) is 32.7 Å². The van der Waals surface area contributed by atoms with Crippen LogP contribution in [-0.2, 0) is 0 Å². The van der Waals surface area contributed by atoms with Gasteiger partial charge in [-0.2, -0.15) is 4.52 Å². The van der Waals surface area contributed by atoms with E-state index in [1.165, 1.54) is 5.56 Å². The van der Waals surface area contributed by atoms with Gasteiger partial charge in [0.1, 0.15) is 5.82 Å². The lowest BCUT2D eigenvalue weighted by molar-refractivity contribution is 0.283. The number of nitrogens with zero attached hydrogens (tertiary/aromatic N) is 6. The average Bonchev–Trinajstić information content (AvgIpc) is 3.03. The van der Waals surface area contributed by atoms with Crippen LogP contribution in [0.2, 0.25) is 0 Å². The Kier molecular flexibility index (Phi) is 4.43. The van der Waals surface area contributed by atoms with Crippen molar-refractivity contribution in [2.75, 3.05) is 37.6 Å². The summed E-state index contributed by atoms with van der Waals surface area (Å²) in [4.78, 5) is 13.5. The smallest absolute Gasteiger partial charge is 0.176 e. The Morgan fingerprint density at radius 1 is 1.04 bits per heavy atom. The molecule has 2 aromatic heterocycles. The molecule has 128 valence electrons. The van der Waals surface area contributed by atoms with Crippen molar-refractivity contribution in [1.29, 1.82) is 0 Å². The molecule has 0 radical (unpaired) electrons. The minimum atomic E-state index is 0.777. The molecule has 25 heavy (non-hydrogen) atoms. The number of fused-ring (bicyclic) bond motifs is 1. The highest BCUT2D eigenvalue weighted by atomic mass is 15.4. The third-order valence-corrected chi connectivity index (χ3v) is 4.50. The summed E-state index contributed by atoms with van der Waals surface area (Å²) >= 11 is 0. The van der Waals surface area contributed by atoms with E-state index in [0.29, 0.717) is 0 Å². The fraction of sp³-hybridized carbons (Fsp3) is 0.316. The summed E-state index contributed by atoms with van der Waals surface area (Å²) in [6, 6.07) is 10.4. The molecule has 1 saturated heterocycles. The molecule has 0 aliphatic carbocycles. The molecule has 6 heteroatoms. The summed E-state index contributed by atoms with van der Waals surface area (Å²) in [6.07, 6.45) is 8.07. The van der Waals surface area contributed by atoms with E-state index in [-0.39, 0.29) is 0 Å². The molecule has 0 spiro atoms. The second kappa shape index (κ2) is 7.03. The zero-order valence-electron chi connectivity index (χ0n) is 14.4. The van der Waals surface area contributed by atoms with Gasteiger partial charge in [-0.05, 0) is 12.5 Å². The monoisotopic (exact) mass is 334 g/mol. The maximum absolute atomic E-state index is 4.49. The number of benzene rings is 1. The first-order chi connectivity index (χ1) is 12.3. The minimum Gasteiger partial charge on any atom is -0.353 e. The molecule has 3 heterocycles. The van der Waals surface area contributed by atoms with Crippen LogP contribution in [-0.4, -0.2) is 57.2 Å². The SMILES string of the molecule is Cc1nc2cncc(N3CCN(C/C=C/c4ccccc4)CC3)n2n1. The van der Waals surface area contributed by atoms with Crippen LogP contribution in [0.5, 0.6) is 0 Å². The number of aromatic nitrogens is 4. The number of aryl methyl sites for hydroxylation is 1. The minimum absolute atomic E-state index is 0.777. The van der Waals surface area contributed by atoms with Crippen LogP contribution < -0.4 is 4.90 Å². The summed E-state index contributed by atoms with van der Waals surface area (Å²) in [5, 5.41) is 4.49. The molecule has 0 saturated carbocycles. The van der Waals surface area contributed by atoms with E-state index in [1.54, 1.807) is 6.20 Å². The predicted octanol–water partition coefficient (Wildman–Crippen LogP) is 2.27. The van der Waals surface area contributed by atoms with E-state index in [9.17, 15) is 0 Å². The second-order valence-electron chi connectivity index (χ2n) is 6.30. The molecule has 1 aromatic carbocycles. The standard InChI is InChI=1S/C19H22N6/c1-16-21-18-14-20-15-19(25(18)22-16)24-12-10-23(11-13-24)9-5-8-17-6-3-2-4-7-17/h2-8,14-15H,9-13H2,1H3/b8-5+. The molecule has 6 nitrogen and oxygen atoms in total. The van der Waals surface area contributed by atoms with E-state index in [0.717, 1.165) is 50.0 Å². The van der Waals surface area contributed by atoms with Crippen LogP contribution in [0.3, 0.4) is 0 Å². The highest BCUT2D eigenvalue weighted by molar-refractivity contribution is 5.49. The predicted molar refractivity (Wildman–Crippen MR) is 99.6 cm³/mol. The first kappa shape index (κ1) is 15.8. The number of rotatable bonds is 4. The third-order valence-electron chi connectivity index (χ3n) is 4.50. The molecule has 4 rings (SSSR count). The zero-order chi connectivity index (χ0) is 17.1. The van der Waals surface area contributed by atoms with Crippen LogP contribution in [0, 0.1) is 6.92 Å². The van der Waals surface area contributed by atoms with E-state index < -0.39 is 0 Å². The van der Waals surface area contributed by atoms with Crippen LogP contribution in [0.4, 0.5) is 5.82 Å². The summed E-state index contributed by atoms with van der Waals surface area (Å²) in [5.74, 6) is 1.80. The van der Waals surface area contributed by atoms with Gasteiger partial charge in [-0.25, -0.2) is 4.98 Å². The summed E-state index contributed by atoms with van der Waals surface area (Å²) in [5.41, 5.74) is 2.06. The highest BCUT2D eigenvalue weighted by Crippen LogP contribution is 2.16. The van der Waals surface area contributed by atoms with Gasteiger partial charge < -0.3 is 4.90 Å².